The SMILES string of the molecule is Cc1ccc(S(=O)(=O)[O-])cc1.c1cc([S+](c2ccc(OC3CCCCC3)cc2)c2ccc(OC3CCCCC3)cc2)ccc1OC1CCCCC1. The Hall–Kier alpha value is -3.46. The Morgan fingerprint density at radius 2 is 0.765 bits per heavy atom. The Labute approximate surface area is 308 Å². The summed E-state index contributed by atoms with van der Waals surface area (Å²) >= 11 is 0. The van der Waals surface area contributed by atoms with Crippen molar-refractivity contribution >= 4 is 21.0 Å². The Morgan fingerprint density at radius 1 is 0.471 bits per heavy atom. The van der Waals surface area contributed by atoms with E-state index in [0.29, 0.717) is 18.3 Å². The van der Waals surface area contributed by atoms with Crippen LogP contribution in [-0.4, -0.2) is 31.3 Å². The van der Waals surface area contributed by atoms with E-state index in [-0.39, 0.29) is 15.8 Å². The fourth-order valence-corrected chi connectivity index (χ4v) is 9.71. The van der Waals surface area contributed by atoms with Gasteiger partial charge in [0.2, 0.25) is 0 Å². The van der Waals surface area contributed by atoms with E-state index >= 15 is 0 Å². The molecule has 0 amide bonds. The molecule has 51 heavy (non-hydrogen) atoms. The summed E-state index contributed by atoms with van der Waals surface area (Å²) in [6, 6.07) is 32.4. The molecule has 0 radical (unpaired) electrons. The van der Waals surface area contributed by atoms with Crippen LogP contribution in [0.25, 0.3) is 0 Å². The highest BCUT2D eigenvalue weighted by atomic mass is 32.2. The summed E-state index contributed by atoms with van der Waals surface area (Å²) in [5, 5.41) is 0. The lowest BCUT2D eigenvalue weighted by Crippen LogP contribution is -2.19. The summed E-state index contributed by atoms with van der Waals surface area (Å²) in [5.41, 5.74) is 0.928. The first-order valence-corrected chi connectivity index (χ1v) is 21.5. The van der Waals surface area contributed by atoms with E-state index in [0.717, 1.165) is 22.8 Å². The third-order valence-electron chi connectivity index (χ3n) is 10.1. The molecule has 7 rings (SSSR count). The van der Waals surface area contributed by atoms with Gasteiger partial charge in [0.15, 0.2) is 14.7 Å². The molecule has 3 aliphatic carbocycles. The molecule has 0 heterocycles. The molecule has 0 unspecified atom stereocenters. The maximum Gasteiger partial charge on any atom is 0.166 e. The molecule has 4 aromatic rings. The molecule has 0 aliphatic heterocycles. The zero-order valence-electron chi connectivity index (χ0n) is 29.8. The molecular weight excluding hydrogens is 677 g/mol. The van der Waals surface area contributed by atoms with Crippen molar-refractivity contribution in [3.63, 3.8) is 0 Å². The monoisotopic (exact) mass is 728 g/mol. The van der Waals surface area contributed by atoms with Gasteiger partial charge in [-0.2, -0.15) is 0 Å². The highest BCUT2D eigenvalue weighted by molar-refractivity contribution is 7.97. The minimum absolute atomic E-state index is 0.178. The summed E-state index contributed by atoms with van der Waals surface area (Å²) in [6.07, 6.45) is 19.9. The number of aryl methyl sites for hydroxylation is 1. The van der Waals surface area contributed by atoms with Gasteiger partial charge in [-0.05, 0) is 169 Å². The summed E-state index contributed by atoms with van der Waals surface area (Å²) in [5.74, 6) is 2.98. The van der Waals surface area contributed by atoms with Gasteiger partial charge in [-0.15, -0.1) is 0 Å². The first-order chi connectivity index (χ1) is 24.8. The lowest BCUT2D eigenvalue weighted by Gasteiger charge is -2.23. The van der Waals surface area contributed by atoms with Gasteiger partial charge in [-0.3, -0.25) is 0 Å². The predicted molar refractivity (Wildman–Crippen MR) is 203 cm³/mol. The Balaban J connectivity index is 0.000000349. The summed E-state index contributed by atoms with van der Waals surface area (Å²) in [4.78, 5) is 3.73. The zero-order valence-corrected chi connectivity index (χ0v) is 31.5. The summed E-state index contributed by atoms with van der Waals surface area (Å²) in [7, 11) is -4.50. The molecule has 3 saturated carbocycles. The van der Waals surface area contributed by atoms with E-state index in [1.54, 1.807) is 12.1 Å². The topological polar surface area (TPSA) is 84.9 Å². The van der Waals surface area contributed by atoms with E-state index in [1.807, 2.05) is 6.92 Å². The van der Waals surface area contributed by atoms with Crippen LogP contribution < -0.4 is 14.2 Å². The number of ether oxygens (including phenoxy) is 3. The largest absolute Gasteiger partial charge is 0.744 e. The van der Waals surface area contributed by atoms with Crippen LogP contribution in [0.3, 0.4) is 0 Å². The second-order valence-electron chi connectivity index (χ2n) is 14.1. The third kappa shape index (κ3) is 11.3. The van der Waals surface area contributed by atoms with Gasteiger partial charge in [-0.25, -0.2) is 8.42 Å². The van der Waals surface area contributed by atoms with Crippen LogP contribution in [0.5, 0.6) is 17.2 Å². The Morgan fingerprint density at radius 3 is 1.04 bits per heavy atom. The third-order valence-corrected chi connectivity index (χ3v) is 13.1. The zero-order chi connectivity index (χ0) is 35.5. The molecular formula is C43H52O6S2. The van der Waals surface area contributed by atoms with E-state index in [9.17, 15) is 13.0 Å². The average molecular weight is 729 g/mol. The van der Waals surface area contributed by atoms with Crippen LogP contribution >= 0.6 is 0 Å². The summed E-state index contributed by atoms with van der Waals surface area (Å²) in [6.45, 7) is 1.82. The van der Waals surface area contributed by atoms with Crippen LogP contribution in [-0.2, 0) is 21.0 Å². The Kier molecular flexibility index (Phi) is 13.4. The predicted octanol–water partition coefficient (Wildman–Crippen LogP) is 10.8. The number of benzene rings is 4. The molecule has 6 nitrogen and oxygen atoms in total. The van der Waals surface area contributed by atoms with E-state index in [4.69, 9.17) is 14.2 Å². The van der Waals surface area contributed by atoms with Crippen molar-refractivity contribution in [2.75, 3.05) is 0 Å². The fraction of sp³-hybridized carbons (Fsp3) is 0.442. The van der Waals surface area contributed by atoms with Crippen molar-refractivity contribution in [3.05, 3.63) is 103 Å². The van der Waals surface area contributed by atoms with Crippen molar-refractivity contribution in [1.82, 2.24) is 0 Å². The molecule has 3 aliphatic rings. The van der Waals surface area contributed by atoms with E-state index in [1.165, 1.54) is 123 Å². The summed E-state index contributed by atoms with van der Waals surface area (Å²) < 4.78 is 50.2. The van der Waals surface area contributed by atoms with Gasteiger partial charge in [-0.1, -0.05) is 37.0 Å². The number of hydrogen-bond acceptors (Lipinski definition) is 6. The minimum atomic E-state index is -4.27. The van der Waals surface area contributed by atoms with Crippen LogP contribution in [0.15, 0.2) is 117 Å². The molecule has 0 bridgehead atoms. The quantitative estimate of drug-likeness (QED) is 0.119. The van der Waals surface area contributed by atoms with Gasteiger partial charge in [0.05, 0.1) is 34.1 Å². The number of hydrogen-bond donors (Lipinski definition) is 0. The van der Waals surface area contributed by atoms with Gasteiger partial charge in [0, 0.05) is 0 Å². The standard InChI is InChI=1S/C36H45O3S.C7H8O3S/c1-4-10-28(11-5-1)37-31-16-22-34(23-17-31)40(35-24-18-32(19-25-35)38-29-12-6-2-7-13-29)36-26-20-33(21-27-36)39-30-14-8-3-9-15-30;1-6-2-4-7(5-3-6)11(8,9)10/h16-30H,1-15H2;2-5H,1H3,(H,8,9,10)/q+1;/p-1. The highest BCUT2D eigenvalue weighted by Crippen LogP contribution is 2.35. The fourth-order valence-electron chi connectivity index (χ4n) is 7.20. The van der Waals surface area contributed by atoms with Gasteiger partial charge in [0.25, 0.3) is 0 Å². The molecule has 8 heteroatoms. The first-order valence-electron chi connectivity index (χ1n) is 18.9. The lowest BCUT2D eigenvalue weighted by atomic mass is 9.98. The van der Waals surface area contributed by atoms with Gasteiger partial charge in [0.1, 0.15) is 27.4 Å². The second kappa shape index (κ2) is 18.3. The maximum atomic E-state index is 10.4. The highest BCUT2D eigenvalue weighted by Gasteiger charge is 2.30. The Bertz CT molecular complexity index is 1570. The molecule has 0 spiro atoms. The van der Waals surface area contributed by atoms with Crippen molar-refractivity contribution < 1.29 is 27.2 Å². The van der Waals surface area contributed by atoms with Crippen LogP contribution in [0.2, 0.25) is 0 Å². The van der Waals surface area contributed by atoms with Gasteiger partial charge >= 0.3 is 0 Å². The van der Waals surface area contributed by atoms with E-state index < -0.39 is 10.1 Å². The van der Waals surface area contributed by atoms with E-state index in [2.05, 4.69) is 72.8 Å². The smallest absolute Gasteiger partial charge is 0.166 e. The molecule has 0 N–H and O–H groups in total. The normalized spacial score (nSPS) is 17.7. The lowest BCUT2D eigenvalue weighted by molar-refractivity contribution is 0.155. The van der Waals surface area contributed by atoms with Crippen molar-refractivity contribution in [2.24, 2.45) is 0 Å². The maximum absolute atomic E-state index is 10.4. The van der Waals surface area contributed by atoms with Crippen molar-refractivity contribution in [2.45, 2.75) is 141 Å². The number of rotatable bonds is 10. The molecule has 0 atom stereocenters. The molecule has 272 valence electrons. The molecule has 0 aromatic heterocycles. The van der Waals surface area contributed by atoms with Crippen LogP contribution in [0.1, 0.15) is 102 Å². The van der Waals surface area contributed by atoms with Crippen LogP contribution in [0.4, 0.5) is 0 Å². The average Bonchev–Trinajstić information content (AvgIpc) is 3.15. The molecule has 3 fully saturated rings. The van der Waals surface area contributed by atoms with Crippen molar-refractivity contribution in [3.8, 4) is 17.2 Å². The molecule has 4 aromatic carbocycles. The minimum Gasteiger partial charge on any atom is -0.744 e. The molecule has 0 saturated heterocycles. The first kappa shape index (κ1) is 37.3. The van der Waals surface area contributed by atoms with Crippen molar-refractivity contribution in [1.29, 1.82) is 0 Å². The van der Waals surface area contributed by atoms with Gasteiger partial charge < -0.3 is 18.8 Å². The van der Waals surface area contributed by atoms with Crippen LogP contribution in [0, 0.1) is 6.92 Å². The second-order valence-corrected chi connectivity index (χ2v) is 17.5.